The number of fused-ring (bicyclic) bond motifs is 1. The van der Waals surface area contributed by atoms with Crippen molar-refractivity contribution in [1.82, 2.24) is 9.78 Å². The van der Waals surface area contributed by atoms with E-state index in [1.54, 1.807) is 0 Å². The lowest BCUT2D eigenvalue weighted by molar-refractivity contribution is -0.119. The van der Waals surface area contributed by atoms with Crippen LogP contribution in [0.2, 0.25) is 0 Å². The number of anilines is 2. The number of nitrogens with two attached hydrogens (primary N) is 1. The summed E-state index contributed by atoms with van der Waals surface area (Å²) in [5.74, 6) is -2.84. The molecule has 0 atom stereocenters. The second kappa shape index (κ2) is 8.66. The molecule has 1 aromatic heterocycles. The highest BCUT2D eigenvalue weighted by Gasteiger charge is 2.34. The highest BCUT2D eigenvalue weighted by molar-refractivity contribution is 6.09. The Morgan fingerprint density at radius 1 is 1.00 bits per heavy atom. The van der Waals surface area contributed by atoms with Crippen molar-refractivity contribution in [2.24, 2.45) is 5.73 Å². The number of piperidine rings is 1. The van der Waals surface area contributed by atoms with E-state index in [-0.39, 0.29) is 41.2 Å². The van der Waals surface area contributed by atoms with Crippen LogP contribution in [0.4, 0.5) is 11.4 Å². The average molecular weight is 468 g/mol. The van der Waals surface area contributed by atoms with Crippen molar-refractivity contribution in [1.29, 1.82) is 0 Å². The number of methoxy groups -OCH3 is 1. The van der Waals surface area contributed by atoms with Crippen LogP contribution in [0.25, 0.3) is 5.69 Å². The van der Waals surface area contributed by atoms with Gasteiger partial charge in [0, 0.05) is 39.1 Å². The summed E-state index contributed by atoms with van der Waals surface area (Å²) < 4.78 is 73.0. The van der Waals surface area contributed by atoms with Crippen molar-refractivity contribution >= 4 is 29.1 Å². The predicted molar refractivity (Wildman–Crippen MR) is 127 cm³/mol. The van der Waals surface area contributed by atoms with Crippen LogP contribution in [0.15, 0.2) is 48.4 Å². The van der Waals surface area contributed by atoms with E-state index in [0.29, 0.717) is 6.42 Å². The second-order valence-electron chi connectivity index (χ2n) is 7.57. The van der Waals surface area contributed by atoms with E-state index >= 15 is 0 Å². The number of hydrogen-bond acceptors (Lipinski definition) is 5. The van der Waals surface area contributed by atoms with Crippen LogP contribution in [0, 0.1) is 0 Å². The number of benzene rings is 2. The maximum absolute atomic E-state index is 14.0. The molecule has 9 heteroatoms. The maximum atomic E-state index is 14.0. The fourth-order valence-corrected chi connectivity index (χ4v) is 3.86. The van der Waals surface area contributed by atoms with Gasteiger partial charge in [0.05, 0.1) is 21.0 Å². The molecule has 0 unspecified atom stereocenters. The van der Waals surface area contributed by atoms with Gasteiger partial charge in [-0.15, -0.1) is 0 Å². The second-order valence-corrected chi connectivity index (χ2v) is 7.57. The average Bonchev–Trinajstić information content (AvgIpc) is 3.26. The van der Waals surface area contributed by atoms with E-state index in [0.717, 1.165) is 14.5 Å². The van der Waals surface area contributed by atoms with Gasteiger partial charge in [0.15, 0.2) is 5.69 Å². The van der Waals surface area contributed by atoms with Crippen molar-refractivity contribution in [3.05, 3.63) is 65.4 Å². The first kappa shape index (κ1) is 14.2. The maximum Gasteiger partial charge on any atom is 0.277 e. The number of carbonyl (C=O) groups is 3. The summed E-state index contributed by atoms with van der Waals surface area (Å²) in [7, 11) is 1.18. The molecule has 5 rings (SSSR count). The summed E-state index contributed by atoms with van der Waals surface area (Å²) in [6.45, 7) is -4.35. The van der Waals surface area contributed by atoms with E-state index in [4.69, 9.17) is 21.4 Å². The molecule has 0 saturated carbocycles. The monoisotopic (exact) mass is 467 g/mol. The van der Waals surface area contributed by atoms with E-state index in [1.165, 1.54) is 31.4 Å². The fraction of sp³-hybridized carbons (Fsp3) is 0.280. The molecule has 1 saturated heterocycles. The molecule has 0 radical (unpaired) electrons. The summed E-state index contributed by atoms with van der Waals surface area (Å²) in [6, 6.07) is 3.15. The quantitative estimate of drug-likeness (QED) is 0.620. The van der Waals surface area contributed by atoms with Gasteiger partial charge in [-0.1, -0.05) is 0 Å². The summed E-state index contributed by atoms with van der Waals surface area (Å²) in [5, 5.41) is 4.06. The van der Waals surface area contributed by atoms with Crippen LogP contribution in [0.5, 0.6) is 5.75 Å². The van der Waals surface area contributed by atoms with Gasteiger partial charge < -0.3 is 20.3 Å². The van der Waals surface area contributed by atoms with Crippen LogP contribution in [0.3, 0.4) is 0 Å². The molecule has 34 heavy (non-hydrogen) atoms. The van der Waals surface area contributed by atoms with Crippen LogP contribution in [-0.4, -0.2) is 47.6 Å². The van der Waals surface area contributed by atoms with Gasteiger partial charge in [-0.3, -0.25) is 14.4 Å². The van der Waals surface area contributed by atoms with Gasteiger partial charge in [-0.05, 0) is 67.7 Å². The zero-order valence-electron chi connectivity index (χ0n) is 26.1. The molecule has 0 spiro atoms. The summed E-state index contributed by atoms with van der Waals surface area (Å²) in [6.07, 6.45) is 0.165. The first-order valence-corrected chi connectivity index (χ1v) is 10.5. The smallest absolute Gasteiger partial charge is 0.277 e. The Hall–Kier alpha value is -4.14. The molecule has 3 heterocycles. The van der Waals surface area contributed by atoms with E-state index in [1.807, 2.05) is 0 Å². The summed E-state index contributed by atoms with van der Waals surface area (Å²) in [4.78, 5) is 40.7. The van der Waals surface area contributed by atoms with Gasteiger partial charge in [-0.2, -0.15) is 5.10 Å². The molecular weight excluding hydrogens is 434 g/mol. The third kappa shape index (κ3) is 3.68. The topological polar surface area (TPSA) is 111 Å². The molecule has 3 amide bonds. The van der Waals surface area contributed by atoms with Crippen LogP contribution in [0.1, 0.15) is 56.8 Å². The van der Waals surface area contributed by atoms with E-state index in [9.17, 15) is 14.4 Å². The number of aromatic nitrogens is 2. The molecule has 9 nitrogen and oxygen atoms in total. The summed E-state index contributed by atoms with van der Waals surface area (Å²) >= 11 is 0. The lowest BCUT2D eigenvalue weighted by atomic mass is 10.0. The van der Waals surface area contributed by atoms with Crippen LogP contribution >= 0.6 is 0 Å². The Balaban J connectivity index is 1.66. The van der Waals surface area contributed by atoms with Crippen LogP contribution in [-0.2, 0) is 11.2 Å². The van der Waals surface area contributed by atoms with E-state index in [2.05, 4.69) is 5.10 Å². The molecule has 0 bridgehead atoms. The normalized spacial score (nSPS) is 22.3. The highest BCUT2D eigenvalue weighted by Crippen LogP contribution is 2.31. The number of amides is 3. The van der Waals surface area contributed by atoms with Gasteiger partial charge in [0.25, 0.3) is 11.8 Å². The Kier molecular flexibility index (Phi) is 3.62. The molecule has 2 aliphatic heterocycles. The predicted octanol–water partition coefficient (Wildman–Crippen LogP) is 2.70. The fourth-order valence-electron chi connectivity index (χ4n) is 3.86. The van der Waals surface area contributed by atoms with Crippen molar-refractivity contribution in [2.45, 2.75) is 25.7 Å². The number of carbonyl (C=O) groups excluding carboxylic acids is 3. The van der Waals surface area contributed by atoms with Crippen molar-refractivity contribution in [3.63, 3.8) is 0 Å². The number of nitrogens with zero attached hydrogens (tertiary/aromatic N) is 4. The molecular formula is C25H25N5O4. The molecule has 174 valence electrons. The SMILES string of the molecule is [2H]c1c([2H])c(-n2nc(C(N)=O)c3c2C(=O)N(c2ccc(N4C(=O)CCCC4([2H])[2H])cc2)C([2H])([2H])C3)c([2H])c([2H])c1OC. The molecule has 0 aliphatic carbocycles. The van der Waals surface area contributed by atoms with Crippen molar-refractivity contribution in [3.8, 4) is 11.4 Å². The molecule has 2 aliphatic rings. The standard InChI is InChI=1S/C25H25N5O4/c1-34-19-11-9-18(10-12-19)30-23-20(22(27-30)24(26)32)13-15-29(25(23)33)17-7-5-16(6-8-17)28-14-3-2-4-21(28)31/h5-12H,2-4,13-15H2,1H3,(H2,26,32)/i9D,10D,11D,12D,14D2,15D2. The minimum atomic E-state index is -2.42. The Morgan fingerprint density at radius 2 is 1.68 bits per heavy atom. The number of hydrogen-bond donors (Lipinski definition) is 1. The van der Waals surface area contributed by atoms with Gasteiger partial charge in [-0.25, -0.2) is 4.68 Å². The molecule has 2 N–H and O–H groups in total. The molecule has 2 aromatic carbocycles. The van der Waals surface area contributed by atoms with E-state index < -0.39 is 72.7 Å². The first-order chi connectivity index (χ1) is 19.6. The zero-order chi connectivity index (χ0) is 30.9. The summed E-state index contributed by atoms with van der Waals surface area (Å²) in [5.41, 5.74) is 4.29. The van der Waals surface area contributed by atoms with Gasteiger partial charge in [0.2, 0.25) is 5.91 Å². The largest absolute Gasteiger partial charge is 0.497 e. The molecule has 3 aromatic rings. The van der Waals surface area contributed by atoms with Crippen LogP contribution < -0.4 is 20.3 Å². The number of primary amides is 1. The third-order valence-corrected chi connectivity index (χ3v) is 5.49. The van der Waals surface area contributed by atoms with Gasteiger partial charge in [0.1, 0.15) is 11.4 Å². The lowest BCUT2D eigenvalue weighted by Crippen LogP contribution is -2.39. The minimum Gasteiger partial charge on any atom is -0.497 e. The number of rotatable bonds is 5. The Labute approximate surface area is 207 Å². The third-order valence-electron chi connectivity index (χ3n) is 5.49. The minimum absolute atomic E-state index is 0.0343. The lowest BCUT2D eigenvalue weighted by Gasteiger charge is -2.29. The Bertz CT molecular complexity index is 1630. The van der Waals surface area contributed by atoms with Crippen molar-refractivity contribution < 1.29 is 30.1 Å². The molecule has 1 fully saturated rings. The first-order valence-electron chi connectivity index (χ1n) is 14.5. The zero-order valence-corrected chi connectivity index (χ0v) is 18.1. The number of ether oxygens (including phenoxy) is 1. The van der Waals surface area contributed by atoms with Crippen molar-refractivity contribution in [2.75, 3.05) is 29.9 Å². The highest BCUT2D eigenvalue weighted by atomic mass is 16.5. The van der Waals surface area contributed by atoms with Gasteiger partial charge >= 0.3 is 0 Å². The Morgan fingerprint density at radius 3 is 2.29 bits per heavy atom.